The van der Waals surface area contributed by atoms with Gasteiger partial charge in [0, 0.05) is 6.54 Å². The average Bonchev–Trinajstić information content (AvgIpc) is 2.35. The summed E-state index contributed by atoms with van der Waals surface area (Å²) in [6.45, 7) is -0.954. The second-order valence-electron chi connectivity index (χ2n) is 3.45. The number of halogens is 3. The highest BCUT2D eigenvalue weighted by Crippen LogP contribution is 2.10. The fourth-order valence-electron chi connectivity index (χ4n) is 1.04. The smallest absolute Gasteiger partial charge is 0.265 e. The third kappa shape index (κ3) is 5.05. The van der Waals surface area contributed by atoms with Crippen molar-refractivity contribution in [2.24, 2.45) is 0 Å². The Labute approximate surface area is 101 Å². The summed E-state index contributed by atoms with van der Waals surface area (Å²) in [5.41, 5.74) is 0. The number of carbonyl (C=O) groups excluding carboxylic acids is 1. The van der Waals surface area contributed by atoms with Gasteiger partial charge in [0.2, 0.25) is 0 Å². The van der Waals surface area contributed by atoms with E-state index >= 15 is 0 Å². The van der Waals surface area contributed by atoms with E-state index in [1.807, 2.05) is 0 Å². The van der Waals surface area contributed by atoms with E-state index in [0.717, 1.165) is 12.1 Å². The van der Waals surface area contributed by atoms with Gasteiger partial charge in [-0.1, -0.05) is 0 Å². The van der Waals surface area contributed by atoms with Gasteiger partial charge in [-0.3, -0.25) is 4.79 Å². The maximum absolute atomic E-state index is 12.5. The molecule has 7 heteroatoms. The van der Waals surface area contributed by atoms with Crippen molar-refractivity contribution in [1.29, 1.82) is 0 Å². The standard InChI is InChI=1S/C11H12F3NO3/c12-7-1-3-8(4-2-7)18-6-10(17)15-5-9(16)11(13)14/h1-4,9,11,16H,5-6H2,(H,15,17). The van der Waals surface area contributed by atoms with Crippen LogP contribution < -0.4 is 10.1 Å². The van der Waals surface area contributed by atoms with E-state index in [-0.39, 0.29) is 5.75 Å². The molecule has 18 heavy (non-hydrogen) atoms. The molecule has 0 spiro atoms. The molecule has 1 unspecified atom stereocenters. The summed E-state index contributed by atoms with van der Waals surface area (Å²) in [6, 6.07) is 4.98. The van der Waals surface area contributed by atoms with Gasteiger partial charge in [-0.05, 0) is 24.3 Å². The van der Waals surface area contributed by atoms with Gasteiger partial charge in [0.15, 0.2) is 6.61 Å². The molecule has 1 atom stereocenters. The minimum absolute atomic E-state index is 0.279. The number of aliphatic hydroxyl groups excluding tert-OH is 1. The zero-order valence-corrected chi connectivity index (χ0v) is 9.28. The summed E-state index contributed by atoms with van der Waals surface area (Å²) < 4.78 is 41.3. The molecule has 0 fully saturated rings. The lowest BCUT2D eigenvalue weighted by Gasteiger charge is -2.11. The van der Waals surface area contributed by atoms with E-state index in [1.54, 1.807) is 0 Å². The molecule has 4 nitrogen and oxygen atoms in total. The van der Waals surface area contributed by atoms with E-state index in [2.05, 4.69) is 5.32 Å². The number of ether oxygens (including phenoxy) is 1. The summed E-state index contributed by atoms with van der Waals surface area (Å²) in [4.78, 5) is 11.1. The Balaban J connectivity index is 2.27. The van der Waals surface area contributed by atoms with Crippen LogP contribution in [-0.2, 0) is 4.79 Å². The molecule has 0 heterocycles. The van der Waals surface area contributed by atoms with Crippen molar-refractivity contribution >= 4 is 5.91 Å². The molecule has 1 rings (SSSR count). The first kappa shape index (κ1) is 14.3. The summed E-state index contributed by atoms with van der Waals surface area (Å²) >= 11 is 0. The number of benzene rings is 1. The minimum Gasteiger partial charge on any atom is -0.484 e. The van der Waals surface area contributed by atoms with Gasteiger partial charge < -0.3 is 15.2 Å². The lowest BCUT2D eigenvalue weighted by Crippen LogP contribution is -2.38. The molecule has 0 aliphatic rings. The predicted molar refractivity (Wildman–Crippen MR) is 56.9 cm³/mol. The SMILES string of the molecule is O=C(COc1ccc(F)cc1)NCC(O)C(F)F. The molecular weight excluding hydrogens is 251 g/mol. The monoisotopic (exact) mass is 263 g/mol. The van der Waals surface area contributed by atoms with Crippen LogP contribution in [0.3, 0.4) is 0 Å². The maximum Gasteiger partial charge on any atom is 0.265 e. The van der Waals surface area contributed by atoms with Gasteiger partial charge in [-0.2, -0.15) is 0 Å². The van der Waals surface area contributed by atoms with Crippen LogP contribution in [0.2, 0.25) is 0 Å². The van der Waals surface area contributed by atoms with Crippen molar-refractivity contribution in [1.82, 2.24) is 5.32 Å². The quantitative estimate of drug-likeness (QED) is 0.803. The molecule has 0 aliphatic heterocycles. The molecule has 0 aromatic heterocycles. The first-order chi connectivity index (χ1) is 8.49. The van der Waals surface area contributed by atoms with Crippen molar-refractivity contribution in [3.05, 3.63) is 30.1 Å². The van der Waals surface area contributed by atoms with Gasteiger partial charge >= 0.3 is 0 Å². The molecule has 1 aromatic carbocycles. The van der Waals surface area contributed by atoms with Crippen LogP contribution in [-0.4, -0.2) is 36.7 Å². The fraction of sp³-hybridized carbons (Fsp3) is 0.364. The van der Waals surface area contributed by atoms with Crippen molar-refractivity contribution < 1.29 is 27.8 Å². The molecular formula is C11H12F3NO3. The second-order valence-corrected chi connectivity index (χ2v) is 3.45. The summed E-state index contributed by atoms with van der Waals surface area (Å²) in [5.74, 6) is -0.813. The number of amides is 1. The molecule has 0 radical (unpaired) electrons. The van der Waals surface area contributed by atoms with Crippen LogP contribution in [0.4, 0.5) is 13.2 Å². The predicted octanol–water partition coefficient (Wildman–Crippen LogP) is 0.947. The fourth-order valence-corrected chi connectivity index (χ4v) is 1.04. The Morgan fingerprint density at radius 1 is 1.33 bits per heavy atom. The third-order valence-corrected chi connectivity index (χ3v) is 1.98. The topological polar surface area (TPSA) is 58.6 Å². The van der Waals surface area contributed by atoms with Crippen molar-refractivity contribution in [3.8, 4) is 5.75 Å². The van der Waals surface area contributed by atoms with E-state index < -0.39 is 37.4 Å². The first-order valence-electron chi connectivity index (χ1n) is 5.10. The number of hydrogen-bond acceptors (Lipinski definition) is 3. The van der Waals surface area contributed by atoms with Crippen molar-refractivity contribution in [3.63, 3.8) is 0 Å². The van der Waals surface area contributed by atoms with Gasteiger partial charge in [0.05, 0.1) is 0 Å². The molecule has 0 bridgehead atoms. The van der Waals surface area contributed by atoms with Gasteiger partial charge in [0.25, 0.3) is 12.3 Å². The average molecular weight is 263 g/mol. The number of nitrogens with one attached hydrogen (secondary N) is 1. The largest absolute Gasteiger partial charge is 0.484 e. The van der Waals surface area contributed by atoms with E-state index in [0.29, 0.717) is 0 Å². The molecule has 1 aromatic rings. The van der Waals surface area contributed by atoms with Gasteiger partial charge in [-0.25, -0.2) is 13.2 Å². The van der Waals surface area contributed by atoms with Crippen molar-refractivity contribution in [2.75, 3.05) is 13.2 Å². The summed E-state index contributed by atoms with van der Waals surface area (Å²) in [5, 5.41) is 10.8. The number of hydrogen-bond donors (Lipinski definition) is 2. The third-order valence-electron chi connectivity index (χ3n) is 1.98. The van der Waals surface area contributed by atoms with Crippen LogP contribution in [0.1, 0.15) is 0 Å². The van der Waals surface area contributed by atoms with Crippen molar-refractivity contribution in [2.45, 2.75) is 12.5 Å². The summed E-state index contributed by atoms with van der Waals surface area (Å²) in [6.07, 6.45) is -4.82. The Hall–Kier alpha value is -1.76. The normalized spacial score (nSPS) is 12.3. The molecule has 0 saturated heterocycles. The zero-order valence-electron chi connectivity index (χ0n) is 9.28. The highest BCUT2D eigenvalue weighted by atomic mass is 19.3. The van der Waals surface area contributed by atoms with Crippen LogP contribution in [0.5, 0.6) is 5.75 Å². The maximum atomic E-state index is 12.5. The summed E-state index contributed by atoms with van der Waals surface area (Å²) in [7, 11) is 0. The number of alkyl halides is 2. The Morgan fingerprint density at radius 2 is 1.94 bits per heavy atom. The van der Waals surface area contributed by atoms with E-state index in [9.17, 15) is 18.0 Å². The number of carbonyl (C=O) groups is 1. The lowest BCUT2D eigenvalue weighted by molar-refractivity contribution is -0.124. The second kappa shape index (κ2) is 6.85. The highest BCUT2D eigenvalue weighted by molar-refractivity contribution is 5.77. The number of aliphatic hydroxyl groups is 1. The highest BCUT2D eigenvalue weighted by Gasteiger charge is 2.17. The minimum atomic E-state index is -2.91. The zero-order chi connectivity index (χ0) is 13.5. The lowest BCUT2D eigenvalue weighted by atomic mass is 10.3. The Kier molecular flexibility index (Phi) is 5.44. The molecule has 0 saturated carbocycles. The molecule has 100 valence electrons. The Bertz CT molecular complexity index is 384. The van der Waals surface area contributed by atoms with Crippen LogP contribution in [0.25, 0.3) is 0 Å². The van der Waals surface area contributed by atoms with Crippen LogP contribution >= 0.6 is 0 Å². The van der Waals surface area contributed by atoms with Gasteiger partial charge in [0.1, 0.15) is 17.7 Å². The van der Waals surface area contributed by atoms with E-state index in [4.69, 9.17) is 9.84 Å². The first-order valence-corrected chi connectivity index (χ1v) is 5.10. The Morgan fingerprint density at radius 3 is 2.50 bits per heavy atom. The molecule has 0 aliphatic carbocycles. The molecule has 1 amide bonds. The van der Waals surface area contributed by atoms with Crippen LogP contribution in [0, 0.1) is 5.82 Å². The van der Waals surface area contributed by atoms with E-state index in [1.165, 1.54) is 12.1 Å². The number of rotatable bonds is 6. The van der Waals surface area contributed by atoms with Crippen LogP contribution in [0.15, 0.2) is 24.3 Å². The van der Waals surface area contributed by atoms with Gasteiger partial charge in [-0.15, -0.1) is 0 Å². The molecule has 2 N–H and O–H groups in total.